The molecule has 1 heterocycles. The van der Waals surface area contributed by atoms with Crippen LogP contribution in [0.5, 0.6) is 11.5 Å². The number of likely N-dealkylation sites (N-methyl/N-ethyl adjacent to an activating group) is 1. The summed E-state index contributed by atoms with van der Waals surface area (Å²) in [5.41, 5.74) is 2.07. The van der Waals surface area contributed by atoms with Crippen molar-refractivity contribution in [2.75, 3.05) is 39.7 Å². The second-order valence-electron chi connectivity index (χ2n) is 7.30. The largest absolute Gasteiger partial charge is 0.493 e. The Balaban J connectivity index is 1.86. The number of halogens is 1. The molecule has 166 valence electrons. The SMILES string of the molecule is CCCOc1c(Br)cc(C(=O)Nc2ccc3oc(=O)n(CCN(C)C)c3c2)cc1OC. The first-order valence-corrected chi connectivity index (χ1v) is 10.7. The number of benzene rings is 2. The Labute approximate surface area is 188 Å². The van der Waals surface area contributed by atoms with Gasteiger partial charge in [0.05, 0.1) is 23.7 Å². The summed E-state index contributed by atoms with van der Waals surface area (Å²) < 4.78 is 18.6. The zero-order valence-electron chi connectivity index (χ0n) is 18.0. The van der Waals surface area contributed by atoms with E-state index in [1.165, 1.54) is 7.11 Å². The average molecular weight is 492 g/mol. The third-order valence-electron chi connectivity index (χ3n) is 4.64. The Morgan fingerprint density at radius 2 is 2.03 bits per heavy atom. The predicted octanol–water partition coefficient (Wildman–Crippen LogP) is 3.97. The van der Waals surface area contributed by atoms with Gasteiger partial charge in [0.15, 0.2) is 17.1 Å². The summed E-state index contributed by atoms with van der Waals surface area (Å²) in [4.78, 5) is 27.0. The van der Waals surface area contributed by atoms with Crippen molar-refractivity contribution in [2.24, 2.45) is 0 Å². The molecule has 1 aromatic heterocycles. The highest BCUT2D eigenvalue weighted by atomic mass is 79.9. The van der Waals surface area contributed by atoms with Crippen LogP contribution in [0.15, 0.2) is 44.0 Å². The van der Waals surface area contributed by atoms with E-state index in [9.17, 15) is 9.59 Å². The van der Waals surface area contributed by atoms with Crippen LogP contribution < -0.4 is 20.5 Å². The van der Waals surface area contributed by atoms with Crippen molar-refractivity contribution in [1.82, 2.24) is 9.47 Å². The minimum absolute atomic E-state index is 0.314. The minimum atomic E-state index is -0.420. The van der Waals surface area contributed by atoms with Gasteiger partial charge in [0.1, 0.15) is 0 Å². The van der Waals surface area contributed by atoms with Crippen LogP contribution in [0.25, 0.3) is 11.1 Å². The lowest BCUT2D eigenvalue weighted by Gasteiger charge is -2.14. The van der Waals surface area contributed by atoms with Crippen LogP contribution in [0.4, 0.5) is 5.69 Å². The zero-order valence-corrected chi connectivity index (χ0v) is 19.6. The molecule has 0 atom stereocenters. The van der Waals surface area contributed by atoms with E-state index in [-0.39, 0.29) is 5.91 Å². The summed E-state index contributed by atoms with van der Waals surface area (Å²) in [6.45, 7) is 3.73. The molecule has 0 unspecified atom stereocenters. The van der Waals surface area contributed by atoms with Gasteiger partial charge in [-0.05, 0) is 66.8 Å². The summed E-state index contributed by atoms with van der Waals surface area (Å²) in [6.07, 6.45) is 0.855. The van der Waals surface area contributed by atoms with Gasteiger partial charge in [0.25, 0.3) is 5.91 Å². The van der Waals surface area contributed by atoms with Gasteiger partial charge in [-0.3, -0.25) is 9.36 Å². The molecule has 3 rings (SSSR count). The maximum atomic E-state index is 12.9. The molecular formula is C22H26BrN3O5. The van der Waals surface area contributed by atoms with Gasteiger partial charge >= 0.3 is 5.76 Å². The molecule has 9 heteroatoms. The normalized spacial score (nSPS) is 11.2. The standard InChI is InChI=1S/C22H26BrN3O5/c1-5-10-30-20-16(23)11-14(12-19(20)29-4)21(27)24-15-6-7-18-17(13-15)26(22(28)31-18)9-8-25(2)3/h6-7,11-13H,5,8-10H2,1-4H3,(H,24,27). The average Bonchev–Trinajstić information content (AvgIpc) is 3.05. The number of carbonyl (C=O) groups excluding carboxylic acids is 1. The van der Waals surface area contributed by atoms with Crippen LogP contribution >= 0.6 is 15.9 Å². The van der Waals surface area contributed by atoms with Crippen molar-refractivity contribution in [2.45, 2.75) is 19.9 Å². The van der Waals surface area contributed by atoms with E-state index in [1.807, 2.05) is 25.9 Å². The molecule has 1 amide bonds. The first-order chi connectivity index (χ1) is 14.8. The molecule has 0 saturated carbocycles. The number of nitrogens with one attached hydrogen (secondary N) is 1. The number of anilines is 1. The van der Waals surface area contributed by atoms with Gasteiger partial charge in [-0.15, -0.1) is 0 Å². The van der Waals surface area contributed by atoms with Crippen LogP contribution in [-0.4, -0.2) is 49.7 Å². The van der Waals surface area contributed by atoms with Gasteiger partial charge in [-0.2, -0.15) is 0 Å². The van der Waals surface area contributed by atoms with Gasteiger partial charge in [-0.25, -0.2) is 4.79 Å². The summed E-state index contributed by atoms with van der Waals surface area (Å²) in [5, 5.41) is 2.87. The van der Waals surface area contributed by atoms with Gasteiger partial charge in [-0.1, -0.05) is 6.92 Å². The molecule has 2 aromatic carbocycles. The lowest BCUT2D eigenvalue weighted by Crippen LogP contribution is -2.23. The summed E-state index contributed by atoms with van der Waals surface area (Å²) in [6, 6.07) is 8.43. The van der Waals surface area contributed by atoms with Crippen molar-refractivity contribution in [3.63, 3.8) is 0 Å². The lowest BCUT2D eigenvalue weighted by molar-refractivity contribution is 0.102. The molecule has 0 aliphatic heterocycles. The van der Waals surface area contributed by atoms with E-state index in [2.05, 4.69) is 21.2 Å². The number of hydrogen-bond donors (Lipinski definition) is 1. The zero-order chi connectivity index (χ0) is 22.5. The van der Waals surface area contributed by atoms with E-state index >= 15 is 0 Å². The Morgan fingerprint density at radius 1 is 1.26 bits per heavy atom. The van der Waals surface area contributed by atoms with Crippen LogP contribution in [0.3, 0.4) is 0 Å². The molecule has 0 bridgehead atoms. The second-order valence-corrected chi connectivity index (χ2v) is 8.15. The number of aromatic nitrogens is 1. The molecule has 1 N–H and O–H groups in total. The maximum Gasteiger partial charge on any atom is 0.419 e. The number of hydrogen-bond acceptors (Lipinski definition) is 6. The number of rotatable bonds is 9. The molecule has 0 radical (unpaired) electrons. The van der Waals surface area contributed by atoms with E-state index in [4.69, 9.17) is 13.9 Å². The van der Waals surface area contributed by atoms with Crippen LogP contribution in [0.2, 0.25) is 0 Å². The minimum Gasteiger partial charge on any atom is -0.493 e. The van der Waals surface area contributed by atoms with Gasteiger partial charge < -0.3 is 24.1 Å². The van der Waals surface area contributed by atoms with Crippen LogP contribution in [0, 0.1) is 0 Å². The third-order valence-corrected chi connectivity index (χ3v) is 5.23. The predicted molar refractivity (Wildman–Crippen MR) is 123 cm³/mol. The fourth-order valence-electron chi connectivity index (χ4n) is 3.05. The number of fused-ring (bicyclic) bond motifs is 1. The fourth-order valence-corrected chi connectivity index (χ4v) is 3.61. The summed E-state index contributed by atoms with van der Waals surface area (Å²) >= 11 is 3.46. The summed E-state index contributed by atoms with van der Waals surface area (Å²) in [7, 11) is 5.40. The van der Waals surface area contributed by atoms with Gasteiger partial charge in [0.2, 0.25) is 0 Å². The van der Waals surface area contributed by atoms with E-state index < -0.39 is 5.76 Å². The molecule has 8 nitrogen and oxygen atoms in total. The third kappa shape index (κ3) is 5.29. The molecule has 0 aliphatic carbocycles. The molecule has 3 aromatic rings. The van der Waals surface area contributed by atoms with Crippen molar-refractivity contribution >= 4 is 38.6 Å². The Hall–Kier alpha value is -2.78. The van der Waals surface area contributed by atoms with Crippen LogP contribution in [0.1, 0.15) is 23.7 Å². The number of methoxy groups -OCH3 is 1. The molecule has 31 heavy (non-hydrogen) atoms. The molecule has 0 saturated heterocycles. The smallest absolute Gasteiger partial charge is 0.419 e. The quantitative estimate of drug-likeness (QED) is 0.487. The van der Waals surface area contributed by atoms with Crippen molar-refractivity contribution in [1.29, 1.82) is 0 Å². The molecule has 0 fully saturated rings. The molecule has 0 aliphatic rings. The van der Waals surface area contributed by atoms with E-state index in [0.717, 1.165) is 6.42 Å². The molecular weight excluding hydrogens is 466 g/mol. The first kappa shape index (κ1) is 22.9. The first-order valence-electron chi connectivity index (χ1n) is 9.93. The monoisotopic (exact) mass is 491 g/mol. The van der Waals surface area contributed by atoms with Crippen molar-refractivity contribution in [3.8, 4) is 11.5 Å². The highest BCUT2D eigenvalue weighted by Gasteiger charge is 2.17. The number of carbonyl (C=O) groups is 1. The number of oxazole rings is 1. The van der Waals surface area contributed by atoms with Crippen LogP contribution in [-0.2, 0) is 6.54 Å². The van der Waals surface area contributed by atoms with E-state index in [1.54, 1.807) is 34.9 Å². The van der Waals surface area contributed by atoms with Crippen molar-refractivity contribution in [3.05, 3.63) is 50.9 Å². The Bertz CT molecular complexity index is 1140. The lowest BCUT2D eigenvalue weighted by atomic mass is 10.1. The Morgan fingerprint density at radius 3 is 2.71 bits per heavy atom. The Kier molecular flexibility index (Phi) is 7.40. The maximum absolute atomic E-state index is 12.9. The number of amides is 1. The van der Waals surface area contributed by atoms with Crippen molar-refractivity contribution < 1.29 is 18.7 Å². The van der Waals surface area contributed by atoms with E-state index in [0.29, 0.717) is 58.0 Å². The highest BCUT2D eigenvalue weighted by Crippen LogP contribution is 2.37. The summed E-state index contributed by atoms with van der Waals surface area (Å²) in [5.74, 6) is 0.296. The van der Waals surface area contributed by atoms with Gasteiger partial charge in [0, 0.05) is 24.3 Å². The fraction of sp³-hybridized carbons (Fsp3) is 0.364. The highest BCUT2D eigenvalue weighted by molar-refractivity contribution is 9.10. The number of nitrogens with zero attached hydrogens (tertiary/aromatic N) is 2. The topological polar surface area (TPSA) is 85.9 Å². The number of ether oxygens (including phenoxy) is 2. The molecule has 0 spiro atoms. The second kappa shape index (κ2) is 10.0.